The van der Waals surface area contributed by atoms with Crippen LogP contribution in [0.1, 0.15) is 26.2 Å². The third-order valence-electron chi connectivity index (χ3n) is 3.00. The van der Waals surface area contributed by atoms with Gasteiger partial charge in [0.25, 0.3) is 0 Å². The summed E-state index contributed by atoms with van der Waals surface area (Å²) < 4.78 is 0. The van der Waals surface area contributed by atoms with Crippen molar-refractivity contribution in [2.75, 3.05) is 6.61 Å². The quantitative estimate of drug-likeness (QED) is 0.615. The molecule has 0 aromatic heterocycles. The van der Waals surface area contributed by atoms with Crippen molar-refractivity contribution < 1.29 is 19.8 Å². The molecule has 0 aliphatic heterocycles. The summed E-state index contributed by atoms with van der Waals surface area (Å²) in [6, 6.07) is -1.18. The number of aliphatic hydroxyl groups is 1. The van der Waals surface area contributed by atoms with Crippen LogP contribution in [-0.4, -0.2) is 34.7 Å². The van der Waals surface area contributed by atoms with E-state index in [1.807, 2.05) is 6.92 Å². The first-order valence-electron chi connectivity index (χ1n) is 5.20. The molecule has 0 radical (unpaired) electrons. The third-order valence-corrected chi connectivity index (χ3v) is 3.00. The van der Waals surface area contributed by atoms with Crippen LogP contribution in [0.4, 0.5) is 0 Å². The van der Waals surface area contributed by atoms with Gasteiger partial charge in [-0.15, -0.1) is 0 Å². The summed E-state index contributed by atoms with van der Waals surface area (Å²) in [4.78, 5) is 22.2. The second-order valence-corrected chi connectivity index (χ2v) is 4.10. The molecule has 1 saturated carbocycles. The lowest BCUT2D eigenvalue weighted by Gasteiger charge is -2.18. The van der Waals surface area contributed by atoms with Crippen LogP contribution in [0.5, 0.6) is 0 Å². The highest BCUT2D eigenvalue weighted by Crippen LogP contribution is 2.31. The highest BCUT2D eigenvalue weighted by molar-refractivity contribution is 5.85. The molecular formula is C10H17NO4. The molecule has 1 amide bonds. The molecule has 0 aromatic carbocycles. The third kappa shape index (κ3) is 2.92. The fraction of sp³-hybridized carbons (Fsp3) is 0.800. The smallest absolute Gasteiger partial charge is 0.328 e. The van der Waals surface area contributed by atoms with Gasteiger partial charge in [-0.05, 0) is 18.8 Å². The Morgan fingerprint density at radius 3 is 2.53 bits per heavy atom. The van der Waals surface area contributed by atoms with Crippen molar-refractivity contribution in [3.05, 3.63) is 0 Å². The van der Waals surface area contributed by atoms with Crippen LogP contribution in [0.2, 0.25) is 0 Å². The van der Waals surface area contributed by atoms with Crippen LogP contribution in [0.15, 0.2) is 0 Å². The van der Waals surface area contributed by atoms with Crippen molar-refractivity contribution in [3.8, 4) is 0 Å². The molecule has 5 heteroatoms. The molecule has 2 unspecified atom stereocenters. The van der Waals surface area contributed by atoms with Gasteiger partial charge < -0.3 is 15.5 Å². The average molecular weight is 215 g/mol. The highest BCUT2D eigenvalue weighted by Gasteiger charge is 2.31. The lowest BCUT2D eigenvalue weighted by atomic mass is 9.97. The molecule has 3 N–H and O–H groups in total. The zero-order valence-corrected chi connectivity index (χ0v) is 8.77. The Labute approximate surface area is 88.5 Å². The van der Waals surface area contributed by atoms with E-state index in [1.54, 1.807) is 0 Å². The van der Waals surface area contributed by atoms with E-state index in [2.05, 4.69) is 5.32 Å². The lowest BCUT2D eigenvalue weighted by molar-refractivity contribution is -0.143. The van der Waals surface area contributed by atoms with E-state index in [-0.39, 0.29) is 11.8 Å². The largest absolute Gasteiger partial charge is 0.480 e. The predicted molar refractivity (Wildman–Crippen MR) is 53.2 cm³/mol. The fourth-order valence-corrected chi connectivity index (χ4v) is 2.00. The summed E-state index contributed by atoms with van der Waals surface area (Å²) in [7, 11) is 0. The van der Waals surface area contributed by atoms with Gasteiger partial charge in [-0.1, -0.05) is 13.3 Å². The molecule has 0 bridgehead atoms. The Kier molecular flexibility index (Phi) is 4.08. The topological polar surface area (TPSA) is 86.6 Å². The zero-order chi connectivity index (χ0) is 11.4. The summed E-state index contributed by atoms with van der Waals surface area (Å²) in [5.74, 6) is -1.24. The van der Waals surface area contributed by atoms with E-state index < -0.39 is 18.6 Å². The van der Waals surface area contributed by atoms with Crippen molar-refractivity contribution in [2.24, 2.45) is 11.8 Å². The molecule has 3 atom stereocenters. The van der Waals surface area contributed by atoms with E-state index in [4.69, 9.17) is 10.2 Å². The maximum absolute atomic E-state index is 11.6. The van der Waals surface area contributed by atoms with Gasteiger partial charge in [0.2, 0.25) is 5.91 Å². The maximum atomic E-state index is 11.6. The van der Waals surface area contributed by atoms with Crippen LogP contribution < -0.4 is 5.32 Å². The number of amides is 1. The molecule has 0 spiro atoms. The van der Waals surface area contributed by atoms with E-state index in [0.29, 0.717) is 5.92 Å². The van der Waals surface area contributed by atoms with Crippen molar-refractivity contribution in [1.29, 1.82) is 0 Å². The van der Waals surface area contributed by atoms with Gasteiger partial charge in [0.15, 0.2) is 0 Å². The SMILES string of the molecule is CC1CCCC1C(=O)N[C@@H](CO)C(=O)O. The Bertz CT molecular complexity index is 254. The molecule has 1 rings (SSSR count). The van der Waals surface area contributed by atoms with Gasteiger partial charge in [-0.2, -0.15) is 0 Å². The Hall–Kier alpha value is -1.10. The number of carboxylic acids is 1. The van der Waals surface area contributed by atoms with Gasteiger partial charge in [0, 0.05) is 5.92 Å². The second kappa shape index (κ2) is 5.11. The molecular weight excluding hydrogens is 198 g/mol. The maximum Gasteiger partial charge on any atom is 0.328 e. The number of aliphatic hydroxyl groups excluding tert-OH is 1. The Morgan fingerprint density at radius 1 is 1.47 bits per heavy atom. The number of carbonyl (C=O) groups is 2. The van der Waals surface area contributed by atoms with E-state index in [0.717, 1.165) is 19.3 Å². The zero-order valence-electron chi connectivity index (χ0n) is 8.77. The minimum absolute atomic E-state index is 0.0987. The van der Waals surface area contributed by atoms with Gasteiger partial charge in [0.1, 0.15) is 6.04 Å². The first kappa shape index (κ1) is 12.0. The number of rotatable bonds is 4. The van der Waals surface area contributed by atoms with Gasteiger partial charge >= 0.3 is 5.97 Å². The number of hydrogen-bond acceptors (Lipinski definition) is 3. The summed E-state index contributed by atoms with van der Waals surface area (Å²) in [5.41, 5.74) is 0. The summed E-state index contributed by atoms with van der Waals surface area (Å²) in [6.45, 7) is 1.42. The van der Waals surface area contributed by atoms with E-state index >= 15 is 0 Å². The van der Waals surface area contributed by atoms with E-state index in [9.17, 15) is 9.59 Å². The normalized spacial score (nSPS) is 27.3. The van der Waals surface area contributed by atoms with Gasteiger partial charge in [0.05, 0.1) is 6.61 Å². The molecule has 0 aromatic rings. The first-order valence-corrected chi connectivity index (χ1v) is 5.20. The van der Waals surface area contributed by atoms with Crippen molar-refractivity contribution >= 4 is 11.9 Å². The van der Waals surface area contributed by atoms with Crippen LogP contribution in [0, 0.1) is 11.8 Å². The minimum atomic E-state index is -1.20. The summed E-state index contributed by atoms with van der Waals surface area (Å²) >= 11 is 0. The molecule has 15 heavy (non-hydrogen) atoms. The molecule has 1 aliphatic carbocycles. The van der Waals surface area contributed by atoms with Crippen molar-refractivity contribution in [2.45, 2.75) is 32.2 Å². The Morgan fingerprint density at radius 2 is 2.13 bits per heavy atom. The van der Waals surface area contributed by atoms with Gasteiger partial charge in [-0.3, -0.25) is 4.79 Å². The van der Waals surface area contributed by atoms with Crippen LogP contribution in [0.3, 0.4) is 0 Å². The van der Waals surface area contributed by atoms with Crippen molar-refractivity contribution in [1.82, 2.24) is 5.32 Å². The first-order chi connectivity index (χ1) is 7.06. The van der Waals surface area contributed by atoms with Crippen LogP contribution >= 0.6 is 0 Å². The van der Waals surface area contributed by atoms with Crippen LogP contribution in [-0.2, 0) is 9.59 Å². The second-order valence-electron chi connectivity index (χ2n) is 4.10. The lowest BCUT2D eigenvalue weighted by Crippen LogP contribution is -2.46. The molecule has 1 aliphatic rings. The fourth-order valence-electron chi connectivity index (χ4n) is 2.00. The van der Waals surface area contributed by atoms with Crippen molar-refractivity contribution in [3.63, 3.8) is 0 Å². The summed E-state index contributed by atoms with van der Waals surface area (Å²) in [5, 5.41) is 19.8. The number of carbonyl (C=O) groups excluding carboxylic acids is 1. The molecule has 1 fully saturated rings. The molecule has 5 nitrogen and oxygen atoms in total. The summed E-state index contributed by atoms with van der Waals surface area (Å²) in [6.07, 6.45) is 2.83. The highest BCUT2D eigenvalue weighted by atomic mass is 16.4. The molecule has 0 saturated heterocycles. The standard InChI is InChI=1S/C10H17NO4/c1-6-3-2-4-7(6)9(13)11-8(5-12)10(14)15/h6-8,12H,2-5H2,1H3,(H,11,13)(H,14,15)/t6?,7?,8-/m0/s1. The number of aliphatic carboxylic acids is 1. The average Bonchev–Trinajstić information content (AvgIpc) is 2.60. The van der Waals surface area contributed by atoms with Crippen LogP contribution in [0.25, 0.3) is 0 Å². The predicted octanol–water partition coefficient (Wildman–Crippen LogP) is -0.0157. The number of nitrogens with one attached hydrogen (secondary N) is 1. The van der Waals surface area contributed by atoms with Gasteiger partial charge in [-0.25, -0.2) is 4.79 Å². The van der Waals surface area contributed by atoms with E-state index in [1.165, 1.54) is 0 Å². The molecule has 86 valence electrons. The minimum Gasteiger partial charge on any atom is -0.480 e. The Balaban J connectivity index is 2.50. The number of carboxylic acid groups (broad SMARTS) is 1. The monoisotopic (exact) mass is 215 g/mol. The molecule has 0 heterocycles. The number of hydrogen-bond donors (Lipinski definition) is 3.